The zero-order valence-corrected chi connectivity index (χ0v) is 22.7. The number of hydrogen-bond acceptors (Lipinski definition) is 4. The van der Waals surface area contributed by atoms with Gasteiger partial charge in [0.1, 0.15) is 0 Å². The number of pyridine rings is 1. The molecule has 2 aliphatic rings. The van der Waals surface area contributed by atoms with E-state index in [1.807, 2.05) is 36.2 Å². The van der Waals surface area contributed by atoms with E-state index in [-0.39, 0.29) is 15.7 Å². The van der Waals surface area contributed by atoms with E-state index < -0.39 is 0 Å². The van der Waals surface area contributed by atoms with Gasteiger partial charge in [-0.3, -0.25) is 9.88 Å². The number of benzene rings is 2. The van der Waals surface area contributed by atoms with Crippen LogP contribution >= 0.6 is 21.6 Å². The van der Waals surface area contributed by atoms with Crippen LogP contribution < -0.4 is 0 Å². The molecule has 1 aliphatic heterocycles. The molecule has 1 atom stereocenters. The molecule has 33 heavy (non-hydrogen) atoms. The minimum atomic E-state index is -0.218. The number of fused-ring (bicyclic) bond motifs is 1. The molecule has 1 aromatic heterocycles. The fraction of sp³-hybridized carbons (Fsp3) is 0.259. The molecule has 0 N–H and O–H groups in total. The van der Waals surface area contributed by atoms with Gasteiger partial charge < -0.3 is 0 Å². The molecule has 0 spiro atoms. The number of hydrogen-bond donors (Lipinski definition) is 0. The average molecular weight is 566 g/mol. The van der Waals surface area contributed by atoms with Crippen LogP contribution in [0.1, 0.15) is 30.0 Å². The van der Waals surface area contributed by atoms with Crippen molar-refractivity contribution in [1.82, 2.24) is 14.2 Å². The maximum Gasteiger partial charge on any atom is 0.0267 e. The molecule has 1 fully saturated rings. The summed E-state index contributed by atoms with van der Waals surface area (Å²) in [6, 6.07) is 24.7. The predicted octanol–water partition coefficient (Wildman–Crippen LogP) is 6.22. The second kappa shape index (κ2) is 13.9. The van der Waals surface area contributed by atoms with Crippen LogP contribution in [0.3, 0.4) is 0 Å². The molecule has 6 heteroatoms. The molecule has 2 heterocycles. The molecule has 0 saturated carbocycles. The number of halogens is 1. The molecule has 1 saturated heterocycles. The molecule has 3 nitrogen and oxygen atoms in total. The third-order valence-electron chi connectivity index (χ3n) is 5.57. The van der Waals surface area contributed by atoms with Gasteiger partial charge in [0.25, 0.3) is 0 Å². The van der Waals surface area contributed by atoms with E-state index in [1.54, 1.807) is 12.4 Å². The van der Waals surface area contributed by atoms with Crippen LogP contribution in [-0.4, -0.2) is 50.9 Å². The Morgan fingerprint density at radius 3 is 2.09 bits per heavy atom. The summed E-state index contributed by atoms with van der Waals surface area (Å²) in [5, 5.41) is 0. The van der Waals surface area contributed by atoms with Gasteiger partial charge in [0.05, 0.1) is 6.17 Å². The van der Waals surface area contributed by atoms with Crippen LogP contribution in [0.5, 0.6) is 0 Å². The van der Waals surface area contributed by atoms with E-state index >= 15 is 0 Å². The van der Waals surface area contributed by atoms with Crippen molar-refractivity contribution in [3.63, 3.8) is 0 Å². The summed E-state index contributed by atoms with van der Waals surface area (Å²) in [7, 11) is 8.30. The largest absolute Gasteiger partial charge is 0.265 e. The Morgan fingerprint density at radius 1 is 0.939 bits per heavy atom. The van der Waals surface area contributed by atoms with Crippen LogP contribution in [-0.2, 0) is 15.7 Å². The number of rotatable bonds is 3. The van der Waals surface area contributed by atoms with Crippen LogP contribution in [0.15, 0.2) is 91.3 Å². The maximum absolute atomic E-state index is 6.10. The topological polar surface area (TPSA) is 19.4 Å². The van der Waals surface area contributed by atoms with Crippen molar-refractivity contribution < 1.29 is 15.7 Å². The summed E-state index contributed by atoms with van der Waals surface area (Å²) in [5.41, 5.74) is 5.18. The molecular formula is C27H31ClN3RuS. The molecule has 0 radical (unpaired) electrons. The first-order chi connectivity index (χ1) is 16.2. The Hall–Kier alpha value is -1.62. The van der Waals surface area contributed by atoms with E-state index in [1.165, 1.54) is 45.9 Å². The minimum Gasteiger partial charge on any atom is -0.265 e. The summed E-state index contributed by atoms with van der Waals surface area (Å²) in [6.45, 7) is 4.69. The molecule has 175 valence electrons. The maximum atomic E-state index is 6.10. The van der Waals surface area contributed by atoms with Gasteiger partial charge in [0.15, 0.2) is 0 Å². The summed E-state index contributed by atoms with van der Waals surface area (Å²) in [6.07, 6.45) is 9.81. The van der Waals surface area contributed by atoms with Crippen molar-refractivity contribution in [3.05, 3.63) is 108 Å². The zero-order chi connectivity index (χ0) is 23.5. The summed E-state index contributed by atoms with van der Waals surface area (Å²) in [4.78, 5) is 6.20. The van der Waals surface area contributed by atoms with E-state index in [0.717, 1.165) is 0 Å². The summed E-state index contributed by atoms with van der Waals surface area (Å²) < 4.78 is 3.74. The normalized spacial score (nSPS) is 18.8. The SMILES string of the molecule is CCC1N(C)CCN1SC.[Cl][Ru]=[C]1C=C(c2ccccc2)c2ccccc21.c1ccncc1. The van der Waals surface area contributed by atoms with Crippen molar-refractivity contribution in [2.24, 2.45) is 0 Å². The molecule has 3 aromatic rings. The Morgan fingerprint density at radius 2 is 1.58 bits per heavy atom. The molecule has 0 amide bonds. The van der Waals surface area contributed by atoms with Gasteiger partial charge in [-0.05, 0) is 31.9 Å². The van der Waals surface area contributed by atoms with Crippen LogP contribution in [0.4, 0.5) is 0 Å². The minimum absolute atomic E-state index is 0.218. The summed E-state index contributed by atoms with van der Waals surface area (Å²) in [5.74, 6) is 0. The quantitative estimate of drug-likeness (QED) is 0.277. The molecule has 1 aliphatic carbocycles. The van der Waals surface area contributed by atoms with Gasteiger partial charge in [-0.15, -0.1) is 0 Å². The summed E-state index contributed by atoms with van der Waals surface area (Å²) >= 11 is 1.64. The number of nitrogens with zero attached hydrogens (tertiary/aromatic N) is 3. The number of likely N-dealkylation sites (N-methyl/N-ethyl adjacent to an activating group) is 1. The molecular weight excluding hydrogens is 535 g/mol. The van der Waals surface area contributed by atoms with E-state index in [9.17, 15) is 0 Å². The van der Waals surface area contributed by atoms with Crippen LogP contribution in [0.25, 0.3) is 5.57 Å². The third-order valence-corrected chi connectivity index (χ3v) is 8.39. The second-order valence-electron chi connectivity index (χ2n) is 7.59. The van der Waals surface area contributed by atoms with Crippen molar-refractivity contribution in [2.75, 3.05) is 26.4 Å². The smallest absolute Gasteiger partial charge is 0.0267 e. The van der Waals surface area contributed by atoms with Gasteiger partial charge in [-0.2, -0.15) is 0 Å². The Labute approximate surface area is 214 Å². The standard InChI is InChI=1S/C15H10.C7H16N2S.C5H5N.ClH.Ru/c1-2-6-12(7-3-1)15-11-10-13-8-4-5-9-14(13)15;1-4-7-8(2)5-6-9(7)10-3;1-2-4-6-5-3-1;;/h1-9,11H;7H,4-6H2,1-3H3;1-5H;1H;/q;;;;+1/p-1. The number of aromatic nitrogens is 1. The van der Waals surface area contributed by atoms with Crippen molar-refractivity contribution >= 4 is 31.3 Å². The Kier molecular flexibility index (Phi) is 11.0. The van der Waals surface area contributed by atoms with Gasteiger partial charge in [-0.25, -0.2) is 4.31 Å². The monoisotopic (exact) mass is 566 g/mol. The van der Waals surface area contributed by atoms with Crippen molar-refractivity contribution in [3.8, 4) is 0 Å². The second-order valence-corrected chi connectivity index (χ2v) is 10.5. The molecule has 0 bridgehead atoms. The van der Waals surface area contributed by atoms with Crippen molar-refractivity contribution in [2.45, 2.75) is 19.5 Å². The fourth-order valence-electron chi connectivity index (χ4n) is 3.93. The van der Waals surface area contributed by atoms with E-state index in [2.05, 4.69) is 89.0 Å². The van der Waals surface area contributed by atoms with Crippen LogP contribution in [0.2, 0.25) is 0 Å². The zero-order valence-electron chi connectivity index (χ0n) is 19.3. The molecule has 5 rings (SSSR count). The Balaban J connectivity index is 0.000000161. The third kappa shape index (κ3) is 7.18. The average Bonchev–Trinajstić information content (AvgIpc) is 3.46. The first kappa shape index (κ1) is 26.0. The number of allylic oxidation sites excluding steroid dienone is 1. The van der Waals surface area contributed by atoms with E-state index in [0.29, 0.717) is 6.17 Å². The molecule has 2 aromatic carbocycles. The van der Waals surface area contributed by atoms with Gasteiger partial charge in [-0.1, -0.05) is 24.9 Å². The molecule has 1 unspecified atom stereocenters. The first-order valence-corrected chi connectivity index (χ1v) is 15.3. The van der Waals surface area contributed by atoms with Gasteiger partial charge in [0.2, 0.25) is 0 Å². The van der Waals surface area contributed by atoms with Crippen LogP contribution in [0, 0.1) is 0 Å². The van der Waals surface area contributed by atoms with Gasteiger partial charge >= 0.3 is 112 Å². The Bertz CT molecular complexity index is 1020. The van der Waals surface area contributed by atoms with Crippen molar-refractivity contribution in [1.29, 1.82) is 0 Å². The van der Waals surface area contributed by atoms with Gasteiger partial charge in [0, 0.05) is 25.5 Å². The fourth-order valence-corrected chi connectivity index (χ4v) is 6.30. The predicted molar refractivity (Wildman–Crippen MR) is 141 cm³/mol. The van der Waals surface area contributed by atoms with E-state index in [4.69, 9.17) is 9.69 Å². The first-order valence-electron chi connectivity index (χ1n) is 11.0.